The number of benzene rings is 1. The molecule has 0 unspecified atom stereocenters. The van der Waals surface area contributed by atoms with Crippen molar-refractivity contribution >= 4 is 39.0 Å². The molecule has 1 atom stereocenters. The molecule has 1 aliphatic heterocycles. The van der Waals surface area contributed by atoms with E-state index in [0.29, 0.717) is 11.5 Å². The molecule has 1 fully saturated rings. The van der Waals surface area contributed by atoms with E-state index in [9.17, 15) is 13.2 Å². The van der Waals surface area contributed by atoms with Crippen LogP contribution in [-0.4, -0.2) is 55.5 Å². The van der Waals surface area contributed by atoms with Crippen LogP contribution in [0.2, 0.25) is 0 Å². The number of carbonyl (C=O) groups is 1. The zero-order valence-electron chi connectivity index (χ0n) is 15.7. The van der Waals surface area contributed by atoms with Crippen molar-refractivity contribution in [2.45, 2.75) is 24.4 Å². The Kier molecular flexibility index (Phi) is 6.48. The molecule has 28 heavy (non-hydrogen) atoms. The Morgan fingerprint density at radius 3 is 2.79 bits per heavy atom. The monoisotopic (exact) mass is 443 g/mol. The molecule has 152 valence electrons. The molecule has 2 heterocycles. The molecule has 2 aromatic rings. The Balaban J connectivity index is 1.82. The molecule has 11 heteroatoms. The van der Waals surface area contributed by atoms with E-state index in [-0.39, 0.29) is 29.0 Å². The second-order valence-corrected chi connectivity index (χ2v) is 9.92. The van der Waals surface area contributed by atoms with Gasteiger partial charge in [0, 0.05) is 17.2 Å². The van der Waals surface area contributed by atoms with Gasteiger partial charge in [0.1, 0.15) is 22.4 Å². The third kappa shape index (κ3) is 4.27. The molecular formula is C17H21N3O5S3. The van der Waals surface area contributed by atoms with E-state index in [0.717, 1.165) is 10.7 Å². The Hall–Kier alpha value is -1.82. The third-order valence-corrected chi connectivity index (χ3v) is 8.09. The first kappa shape index (κ1) is 20.9. The molecule has 1 saturated heterocycles. The van der Waals surface area contributed by atoms with Crippen molar-refractivity contribution in [3.05, 3.63) is 34.3 Å². The lowest BCUT2D eigenvalue weighted by Crippen LogP contribution is -2.47. The zero-order valence-corrected chi connectivity index (χ0v) is 18.1. The van der Waals surface area contributed by atoms with Crippen LogP contribution < -0.4 is 14.8 Å². The number of ether oxygens (including phenoxy) is 2. The topological polar surface area (TPSA) is 97.8 Å². The van der Waals surface area contributed by atoms with Gasteiger partial charge in [-0.25, -0.2) is 13.4 Å². The van der Waals surface area contributed by atoms with Crippen molar-refractivity contribution in [2.75, 3.05) is 25.8 Å². The number of nitrogens with one attached hydrogen (secondary N) is 1. The Labute approximate surface area is 172 Å². The second-order valence-electron chi connectivity index (χ2n) is 6.00. The van der Waals surface area contributed by atoms with Gasteiger partial charge >= 0.3 is 0 Å². The number of hydrogen-bond donors (Lipinski definition) is 1. The fourth-order valence-corrected chi connectivity index (χ4v) is 6.70. The fourth-order valence-electron chi connectivity index (χ4n) is 2.77. The van der Waals surface area contributed by atoms with Gasteiger partial charge in [0.25, 0.3) is 0 Å². The van der Waals surface area contributed by atoms with Gasteiger partial charge in [-0.05, 0) is 19.1 Å². The van der Waals surface area contributed by atoms with E-state index in [1.165, 1.54) is 53.8 Å². The summed E-state index contributed by atoms with van der Waals surface area (Å²) in [4.78, 5) is 17.0. The van der Waals surface area contributed by atoms with Crippen LogP contribution in [0.15, 0.2) is 28.5 Å². The highest BCUT2D eigenvalue weighted by Gasteiger charge is 2.41. The van der Waals surface area contributed by atoms with Crippen LogP contribution in [-0.2, 0) is 21.4 Å². The summed E-state index contributed by atoms with van der Waals surface area (Å²) >= 11 is 2.89. The molecule has 1 aromatic carbocycles. The summed E-state index contributed by atoms with van der Waals surface area (Å²) in [7, 11) is -1.09. The molecule has 1 aliphatic rings. The van der Waals surface area contributed by atoms with E-state index in [4.69, 9.17) is 9.47 Å². The number of carbonyl (C=O) groups excluding carboxylic acids is 1. The zero-order chi connectivity index (χ0) is 20.3. The van der Waals surface area contributed by atoms with Gasteiger partial charge in [0.15, 0.2) is 0 Å². The normalized spacial score (nSPS) is 17.5. The summed E-state index contributed by atoms with van der Waals surface area (Å²) in [5.74, 6) is 0.825. The third-order valence-electron chi connectivity index (χ3n) is 4.21. The Morgan fingerprint density at radius 2 is 2.14 bits per heavy atom. The van der Waals surface area contributed by atoms with E-state index in [1.807, 2.05) is 12.3 Å². The minimum atomic E-state index is -3.95. The lowest BCUT2D eigenvalue weighted by Gasteiger charge is -2.23. The molecule has 0 saturated carbocycles. The van der Waals surface area contributed by atoms with Crippen LogP contribution in [0.1, 0.15) is 10.7 Å². The number of nitrogens with zero attached hydrogens (tertiary/aromatic N) is 2. The van der Waals surface area contributed by atoms with E-state index >= 15 is 0 Å². The highest BCUT2D eigenvalue weighted by Crippen LogP contribution is 2.35. The van der Waals surface area contributed by atoms with Crippen molar-refractivity contribution in [3.8, 4) is 11.5 Å². The standard InChI is InChI=1S/C17H21N3O5S3/c1-11-19-12(8-27-11)7-18-17(21)14-9-26-10-20(14)28(22,23)16-6-13(24-2)4-5-15(16)25-3/h4-6,8,14H,7,9-10H2,1-3H3,(H,18,21)/t14-/m1/s1. The van der Waals surface area contributed by atoms with Gasteiger partial charge in [-0.1, -0.05) is 0 Å². The molecule has 8 nitrogen and oxygen atoms in total. The first-order chi connectivity index (χ1) is 13.4. The quantitative estimate of drug-likeness (QED) is 0.697. The van der Waals surface area contributed by atoms with Crippen LogP contribution >= 0.6 is 23.1 Å². The number of amides is 1. The van der Waals surface area contributed by atoms with Crippen LogP contribution in [0.5, 0.6) is 11.5 Å². The number of aromatic nitrogens is 1. The summed E-state index contributed by atoms with van der Waals surface area (Å²) < 4.78 is 38.1. The van der Waals surface area contributed by atoms with E-state index in [1.54, 1.807) is 6.07 Å². The maximum atomic E-state index is 13.3. The first-order valence-corrected chi connectivity index (χ1v) is 11.8. The molecule has 3 rings (SSSR count). The largest absolute Gasteiger partial charge is 0.497 e. The maximum Gasteiger partial charge on any atom is 0.248 e. The summed E-state index contributed by atoms with van der Waals surface area (Å²) in [5, 5.41) is 5.57. The van der Waals surface area contributed by atoms with Gasteiger partial charge in [-0.15, -0.1) is 23.1 Å². The van der Waals surface area contributed by atoms with Crippen LogP contribution in [0.25, 0.3) is 0 Å². The number of hydrogen-bond acceptors (Lipinski definition) is 8. The molecule has 0 aliphatic carbocycles. The predicted octanol–water partition coefficient (Wildman–Crippen LogP) is 1.85. The van der Waals surface area contributed by atoms with Gasteiger partial charge < -0.3 is 14.8 Å². The number of rotatable bonds is 7. The number of thiazole rings is 1. The summed E-state index contributed by atoms with van der Waals surface area (Å²) in [6.45, 7) is 2.15. The van der Waals surface area contributed by atoms with Gasteiger partial charge in [0.2, 0.25) is 15.9 Å². The van der Waals surface area contributed by atoms with Crippen LogP contribution in [0.4, 0.5) is 0 Å². The lowest BCUT2D eigenvalue weighted by atomic mass is 10.3. The molecule has 1 N–H and O–H groups in total. The number of thioether (sulfide) groups is 1. The molecule has 1 aromatic heterocycles. The van der Waals surface area contributed by atoms with Gasteiger partial charge in [0.05, 0.1) is 37.3 Å². The molecule has 0 spiro atoms. The maximum absolute atomic E-state index is 13.3. The second kappa shape index (κ2) is 8.68. The molecular weight excluding hydrogens is 422 g/mol. The SMILES string of the molecule is COc1ccc(OC)c(S(=O)(=O)N2CSC[C@@H]2C(=O)NCc2csc(C)n2)c1. The average molecular weight is 444 g/mol. The fraction of sp³-hybridized carbons (Fsp3) is 0.412. The Bertz CT molecular complexity index is 961. The summed E-state index contributed by atoms with van der Waals surface area (Å²) in [6, 6.07) is 3.76. The van der Waals surface area contributed by atoms with E-state index in [2.05, 4.69) is 10.3 Å². The number of aryl methyl sites for hydroxylation is 1. The smallest absolute Gasteiger partial charge is 0.248 e. The highest BCUT2D eigenvalue weighted by atomic mass is 32.2. The first-order valence-electron chi connectivity index (χ1n) is 8.37. The Morgan fingerprint density at radius 1 is 1.36 bits per heavy atom. The molecule has 1 amide bonds. The predicted molar refractivity (Wildman–Crippen MR) is 108 cm³/mol. The van der Waals surface area contributed by atoms with Crippen molar-refractivity contribution in [3.63, 3.8) is 0 Å². The van der Waals surface area contributed by atoms with Crippen LogP contribution in [0, 0.1) is 6.92 Å². The van der Waals surface area contributed by atoms with Crippen molar-refractivity contribution in [1.29, 1.82) is 0 Å². The number of methoxy groups -OCH3 is 2. The highest BCUT2D eigenvalue weighted by molar-refractivity contribution is 8.00. The molecule has 0 radical (unpaired) electrons. The van der Waals surface area contributed by atoms with Crippen molar-refractivity contribution < 1.29 is 22.7 Å². The lowest BCUT2D eigenvalue weighted by molar-refractivity contribution is -0.124. The summed E-state index contributed by atoms with van der Waals surface area (Å²) in [6.07, 6.45) is 0. The average Bonchev–Trinajstić information content (AvgIpc) is 3.35. The van der Waals surface area contributed by atoms with E-state index < -0.39 is 16.1 Å². The minimum absolute atomic E-state index is 0.0234. The number of sulfonamides is 1. The van der Waals surface area contributed by atoms with Crippen LogP contribution in [0.3, 0.4) is 0 Å². The van der Waals surface area contributed by atoms with Gasteiger partial charge in [-0.2, -0.15) is 4.31 Å². The van der Waals surface area contributed by atoms with Crippen molar-refractivity contribution in [1.82, 2.24) is 14.6 Å². The minimum Gasteiger partial charge on any atom is -0.497 e. The van der Waals surface area contributed by atoms with Crippen molar-refractivity contribution in [2.24, 2.45) is 0 Å². The molecule has 0 bridgehead atoms. The summed E-state index contributed by atoms with van der Waals surface area (Å²) in [5.41, 5.74) is 0.755. The van der Waals surface area contributed by atoms with Gasteiger partial charge in [-0.3, -0.25) is 4.79 Å².